The third-order valence-electron chi connectivity index (χ3n) is 5.12. The Kier molecular flexibility index (Phi) is 4.68. The highest BCUT2D eigenvalue weighted by Gasteiger charge is 2.28. The van der Waals surface area contributed by atoms with Gasteiger partial charge in [0, 0.05) is 37.6 Å². The van der Waals surface area contributed by atoms with E-state index in [1.165, 1.54) is 5.56 Å². The predicted octanol–water partition coefficient (Wildman–Crippen LogP) is 2.99. The second-order valence-electron chi connectivity index (χ2n) is 6.91. The van der Waals surface area contributed by atoms with Crippen molar-refractivity contribution in [3.05, 3.63) is 35.4 Å². The van der Waals surface area contributed by atoms with Gasteiger partial charge in [0.2, 0.25) is 0 Å². The number of nitrogens with zero attached hydrogens (tertiary/aromatic N) is 2. The molecule has 0 bridgehead atoms. The molecule has 0 unspecified atom stereocenters. The Morgan fingerprint density at radius 2 is 1.80 bits per heavy atom. The van der Waals surface area contributed by atoms with Gasteiger partial charge in [0.1, 0.15) is 5.82 Å². The Bertz CT molecular complexity index is 778. The predicted molar refractivity (Wildman–Crippen MR) is 97.4 cm³/mol. The zero-order valence-electron chi connectivity index (χ0n) is 14.7. The summed E-state index contributed by atoms with van der Waals surface area (Å²) < 4.78 is 10.9. The zero-order valence-corrected chi connectivity index (χ0v) is 14.7. The molecule has 0 aliphatic carbocycles. The summed E-state index contributed by atoms with van der Waals surface area (Å²) in [5.74, 6) is 1.07. The number of fused-ring (bicyclic) bond motifs is 1. The van der Waals surface area contributed by atoms with Crippen molar-refractivity contribution in [1.82, 2.24) is 4.98 Å². The van der Waals surface area contributed by atoms with Gasteiger partial charge in [-0.15, -0.1) is 0 Å². The van der Waals surface area contributed by atoms with Crippen LogP contribution in [-0.4, -0.2) is 50.3 Å². The average Bonchev–Trinajstić information content (AvgIpc) is 2.68. The Balaban J connectivity index is 1.78. The molecule has 1 aromatic heterocycles. The number of ether oxygens (including phenoxy) is 2. The van der Waals surface area contributed by atoms with Crippen LogP contribution in [0.2, 0.25) is 0 Å². The molecule has 2 aliphatic heterocycles. The maximum Gasteiger partial charge on any atom is 0.169 e. The van der Waals surface area contributed by atoms with Gasteiger partial charge in [0.15, 0.2) is 5.78 Å². The maximum absolute atomic E-state index is 13.2. The monoisotopic (exact) mass is 340 g/mol. The summed E-state index contributed by atoms with van der Waals surface area (Å²) in [6.07, 6.45) is 1.60. The highest BCUT2D eigenvalue weighted by atomic mass is 16.5. The number of benzene rings is 1. The van der Waals surface area contributed by atoms with Crippen molar-refractivity contribution in [3.8, 4) is 0 Å². The molecular weight excluding hydrogens is 316 g/mol. The molecule has 2 saturated heterocycles. The van der Waals surface area contributed by atoms with Crippen LogP contribution >= 0.6 is 0 Å². The molecule has 5 nitrogen and oxygen atoms in total. The van der Waals surface area contributed by atoms with E-state index in [1.54, 1.807) is 0 Å². The molecule has 5 heteroatoms. The van der Waals surface area contributed by atoms with Crippen LogP contribution < -0.4 is 4.90 Å². The first-order valence-electron chi connectivity index (χ1n) is 9.08. The lowest BCUT2D eigenvalue weighted by atomic mass is 9.90. The van der Waals surface area contributed by atoms with Crippen LogP contribution in [0, 0.1) is 12.8 Å². The van der Waals surface area contributed by atoms with Crippen molar-refractivity contribution < 1.29 is 14.3 Å². The Hall–Kier alpha value is -1.98. The van der Waals surface area contributed by atoms with Crippen molar-refractivity contribution in [2.24, 2.45) is 5.92 Å². The van der Waals surface area contributed by atoms with Crippen molar-refractivity contribution in [2.45, 2.75) is 19.8 Å². The lowest BCUT2D eigenvalue weighted by Gasteiger charge is -2.30. The Morgan fingerprint density at radius 1 is 1.08 bits per heavy atom. The summed E-state index contributed by atoms with van der Waals surface area (Å²) in [6.45, 7) is 6.32. The summed E-state index contributed by atoms with van der Waals surface area (Å²) >= 11 is 0. The molecule has 2 fully saturated rings. The van der Waals surface area contributed by atoms with Crippen LogP contribution in [0.25, 0.3) is 10.9 Å². The number of carbonyl (C=O) groups excluding carboxylic acids is 1. The van der Waals surface area contributed by atoms with Crippen LogP contribution in [0.5, 0.6) is 0 Å². The van der Waals surface area contributed by atoms with E-state index in [0.717, 1.165) is 48.2 Å². The molecule has 0 saturated carbocycles. The highest BCUT2D eigenvalue weighted by Crippen LogP contribution is 2.29. The largest absolute Gasteiger partial charge is 0.381 e. The first kappa shape index (κ1) is 16.5. The third-order valence-corrected chi connectivity index (χ3v) is 5.12. The molecular formula is C20H24N2O3. The number of aryl methyl sites for hydroxylation is 1. The molecule has 2 aliphatic rings. The number of Topliss-reactive ketones (excluding diaryl/α,β-unsaturated/α-hetero) is 1. The van der Waals surface area contributed by atoms with Gasteiger partial charge in [0.05, 0.1) is 24.3 Å². The molecule has 4 rings (SSSR count). The standard InChI is InChI=1S/C20H24N2O3/c1-14-2-3-16-13-17(19(23)15-4-8-24-9-5-15)20(21-18(16)12-14)22-6-10-25-11-7-22/h2-3,12-13,15H,4-11H2,1H3. The first-order chi connectivity index (χ1) is 12.2. The van der Waals surface area contributed by atoms with Crippen molar-refractivity contribution in [1.29, 1.82) is 0 Å². The fourth-order valence-electron chi connectivity index (χ4n) is 3.64. The minimum atomic E-state index is 0.0400. The normalized spacial score (nSPS) is 19.3. The van der Waals surface area contributed by atoms with Gasteiger partial charge in [-0.2, -0.15) is 0 Å². The number of anilines is 1. The van der Waals surface area contributed by atoms with E-state index in [2.05, 4.69) is 30.0 Å². The molecule has 132 valence electrons. The number of ketones is 1. The van der Waals surface area contributed by atoms with Crippen LogP contribution in [0.4, 0.5) is 5.82 Å². The summed E-state index contributed by atoms with van der Waals surface area (Å²) in [6, 6.07) is 8.25. The third kappa shape index (κ3) is 3.39. The molecule has 3 heterocycles. The van der Waals surface area contributed by atoms with Crippen molar-refractivity contribution in [3.63, 3.8) is 0 Å². The number of rotatable bonds is 3. The van der Waals surface area contributed by atoms with Crippen LogP contribution in [0.3, 0.4) is 0 Å². The second-order valence-corrected chi connectivity index (χ2v) is 6.91. The van der Waals surface area contributed by atoms with Gasteiger partial charge < -0.3 is 14.4 Å². The topological polar surface area (TPSA) is 51.7 Å². The lowest BCUT2D eigenvalue weighted by Crippen LogP contribution is -2.38. The van der Waals surface area contributed by atoms with Gasteiger partial charge in [0.25, 0.3) is 0 Å². The quantitative estimate of drug-likeness (QED) is 0.804. The lowest BCUT2D eigenvalue weighted by molar-refractivity contribution is 0.0544. The van der Waals surface area contributed by atoms with Crippen molar-refractivity contribution >= 4 is 22.5 Å². The van der Waals surface area contributed by atoms with E-state index in [0.29, 0.717) is 26.4 Å². The molecule has 0 atom stereocenters. The summed E-state index contributed by atoms with van der Waals surface area (Å²) in [5, 5.41) is 1.03. The molecule has 25 heavy (non-hydrogen) atoms. The van der Waals surface area contributed by atoms with Gasteiger partial charge in [-0.25, -0.2) is 4.98 Å². The van der Waals surface area contributed by atoms with Gasteiger partial charge in [-0.3, -0.25) is 4.79 Å². The fraction of sp³-hybridized carbons (Fsp3) is 0.500. The van der Waals surface area contributed by atoms with Crippen LogP contribution in [-0.2, 0) is 9.47 Å². The van der Waals surface area contributed by atoms with E-state index in [9.17, 15) is 4.79 Å². The summed E-state index contributed by atoms with van der Waals surface area (Å²) in [7, 11) is 0. The minimum absolute atomic E-state index is 0.0400. The van der Waals surface area contributed by atoms with E-state index >= 15 is 0 Å². The number of morpholine rings is 1. The number of aromatic nitrogens is 1. The van der Waals surface area contributed by atoms with Crippen LogP contribution in [0.1, 0.15) is 28.8 Å². The second kappa shape index (κ2) is 7.10. The number of hydrogen-bond acceptors (Lipinski definition) is 5. The molecule has 0 N–H and O–H groups in total. The van der Waals surface area contributed by atoms with Gasteiger partial charge in [-0.1, -0.05) is 12.1 Å². The van der Waals surface area contributed by atoms with E-state index in [-0.39, 0.29) is 11.7 Å². The van der Waals surface area contributed by atoms with E-state index in [1.807, 2.05) is 6.07 Å². The Labute approximate surface area is 147 Å². The number of carbonyl (C=O) groups is 1. The van der Waals surface area contributed by atoms with Crippen LogP contribution in [0.15, 0.2) is 24.3 Å². The molecule has 2 aromatic rings. The van der Waals surface area contributed by atoms with Crippen molar-refractivity contribution in [2.75, 3.05) is 44.4 Å². The zero-order chi connectivity index (χ0) is 17.2. The van der Waals surface area contributed by atoms with Gasteiger partial charge in [-0.05, 0) is 37.5 Å². The molecule has 1 aromatic carbocycles. The average molecular weight is 340 g/mol. The minimum Gasteiger partial charge on any atom is -0.381 e. The highest BCUT2D eigenvalue weighted by molar-refractivity contribution is 6.05. The SMILES string of the molecule is Cc1ccc2cc(C(=O)C3CCOCC3)c(N3CCOCC3)nc2c1. The Morgan fingerprint density at radius 3 is 2.56 bits per heavy atom. The first-order valence-corrected chi connectivity index (χ1v) is 9.08. The number of hydrogen-bond donors (Lipinski definition) is 0. The molecule has 0 radical (unpaired) electrons. The summed E-state index contributed by atoms with van der Waals surface area (Å²) in [5.41, 5.74) is 2.88. The molecule has 0 amide bonds. The maximum atomic E-state index is 13.2. The van der Waals surface area contributed by atoms with E-state index in [4.69, 9.17) is 14.5 Å². The molecule has 0 spiro atoms. The number of pyridine rings is 1. The smallest absolute Gasteiger partial charge is 0.169 e. The van der Waals surface area contributed by atoms with E-state index < -0.39 is 0 Å². The fourth-order valence-corrected chi connectivity index (χ4v) is 3.64. The summed E-state index contributed by atoms with van der Waals surface area (Å²) in [4.78, 5) is 20.3. The van der Waals surface area contributed by atoms with Gasteiger partial charge >= 0.3 is 0 Å².